The molecule has 0 radical (unpaired) electrons. The van der Waals surface area contributed by atoms with E-state index >= 15 is 0 Å². The molecule has 5 heteroatoms. The standard InChI is InChI=1S/C26H29NO3S/c1-4-30-26(28)18-25(27-31(29)24-15-7-20(3)8-16-24)23-13-11-22(12-14-23)17-21-9-5-19(2)6-10-21/h5-16,25,27H,4,17-18H2,1-3H3/t25-,31?/m0/s1. The van der Waals surface area contributed by atoms with Gasteiger partial charge in [0.15, 0.2) is 4.90 Å². The number of hydrogen-bond acceptors (Lipinski definition) is 4. The fourth-order valence-corrected chi connectivity index (χ4v) is 4.28. The molecule has 0 spiro atoms. The van der Waals surface area contributed by atoms with E-state index in [1.54, 1.807) is 6.92 Å². The predicted molar refractivity (Wildman–Crippen MR) is 125 cm³/mol. The highest BCUT2D eigenvalue weighted by Gasteiger charge is 2.23. The Balaban J connectivity index is 1.75. The number of rotatable bonds is 9. The molecule has 3 rings (SSSR count). The molecule has 3 aromatic rings. The fourth-order valence-electron chi connectivity index (χ4n) is 3.28. The van der Waals surface area contributed by atoms with Gasteiger partial charge in [-0.15, -0.1) is 4.72 Å². The zero-order valence-electron chi connectivity index (χ0n) is 18.3. The summed E-state index contributed by atoms with van der Waals surface area (Å²) in [6, 6.07) is 23.7. The summed E-state index contributed by atoms with van der Waals surface area (Å²) in [6.45, 7) is 6.17. The van der Waals surface area contributed by atoms with Crippen molar-refractivity contribution < 1.29 is 14.1 Å². The maximum absolute atomic E-state index is 12.9. The molecule has 0 aliphatic carbocycles. The average Bonchev–Trinajstić information content (AvgIpc) is 2.76. The summed E-state index contributed by atoms with van der Waals surface area (Å²) in [4.78, 5) is 12.8. The van der Waals surface area contributed by atoms with E-state index in [1.807, 2.05) is 43.3 Å². The molecule has 0 aliphatic rings. The second-order valence-electron chi connectivity index (χ2n) is 7.67. The van der Waals surface area contributed by atoms with Crippen LogP contribution in [-0.4, -0.2) is 17.1 Å². The average molecular weight is 436 g/mol. The topological polar surface area (TPSA) is 61.4 Å². The minimum Gasteiger partial charge on any atom is -0.593 e. The molecule has 1 unspecified atom stereocenters. The monoisotopic (exact) mass is 435 g/mol. The van der Waals surface area contributed by atoms with Crippen molar-refractivity contribution in [1.82, 2.24) is 4.72 Å². The lowest BCUT2D eigenvalue weighted by Crippen LogP contribution is -2.30. The van der Waals surface area contributed by atoms with Crippen LogP contribution in [0.4, 0.5) is 0 Å². The van der Waals surface area contributed by atoms with E-state index in [9.17, 15) is 9.35 Å². The van der Waals surface area contributed by atoms with Crippen LogP contribution in [-0.2, 0) is 27.3 Å². The van der Waals surface area contributed by atoms with Gasteiger partial charge in [-0.25, -0.2) is 0 Å². The van der Waals surface area contributed by atoms with E-state index in [1.165, 1.54) is 16.7 Å². The molecule has 2 atom stereocenters. The molecule has 162 valence electrons. The summed E-state index contributed by atoms with van der Waals surface area (Å²) in [6.07, 6.45) is 0.953. The molecular weight excluding hydrogens is 406 g/mol. The van der Waals surface area contributed by atoms with Crippen molar-refractivity contribution in [3.05, 3.63) is 101 Å². The molecule has 0 saturated carbocycles. The Kier molecular flexibility index (Phi) is 8.29. The van der Waals surface area contributed by atoms with Crippen LogP contribution in [0.25, 0.3) is 0 Å². The van der Waals surface area contributed by atoms with Crippen molar-refractivity contribution in [2.45, 2.75) is 44.6 Å². The van der Waals surface area contributed by atoms with E-state index in [-0.39, 0.29) is 12.4 Å². The first-order valence-corrected chi connectivity index (χ1v) is 11.6. The zero-order chi connectivity index (χ0) is 22.2. The third-order valence-corrected chi connectivity index (χ3v) is 6.27. The zero-order valence-corrected chi connectivity index (χ0v) is 19.1. The summed E-state index contributed by atoms with van der Waals surface area (Å²) < 4.78 is 21.1. The molecule has 0 fully saturated rings. The van der Waals surface area contributed by atoms with Gasteiger partial charge in [0.2, 0.25) is 0 Å². The minimum atomic E-state index is -1.44. The Bertz CT molecular complexity index is 969. The van der Waals surface area contributed by atoms with Gasteiger partial charge < -0.3 is 9.29 Å². The van der Waals surface area contributed by atoms with Gasteiger partial charge >= 0.3 is 5.97 Å². The fraction of sp³-hybridized carbons (Fsp3) is 0.269. The summed E-state index contributed by atoms with van der Waals surface area (Å²) in [5.74, 6) is -0.315. The van der Waals surface area contributed by atoms with Crippen LogP contribution >= 0.6 is 0 Å². The maximum atomic E-state index is 12.9. The van der Waals surface area contributed by atoms with Crippen molar-refractivity contribution in [2.75, 3.05) is 6.61 Å². The van der Waals surface area contributed by atoms with Crippen molar-refractivity contribution >= 4 is 17.3 Å². The summed E-state index contributed by atoms with van der Waals surface area (Å²) in [7, 11) is 0. The van der Waals surface area contributed by atoms with Crippen LogP contribution in [0.1, 0.15) is 47.2 Å². The number of aryl methyl sites for hydroxylation is 2. The first-order valence-electron chi connectivity index (χ1n) is 10.5. The van der Waals surface area contributed by atoms with E-state index in [0.29, 0.717) is 11.5 Å². The van der Waals surface area contributed by atoms with Gasteiger partial charge in [0.25, 0.3) is 0 Å². The number of benzene rings is 3. The third kappa shape index (κ3) is 6.96. The lowest BCUT2D eigenvalue weighted by atomic mass is 9.99. The molecule has 0 amide bonds. The SMILES string of the molecule is CCOC(=O)C[C@H](N[S+]([O-])c1ccc(C)cc1)c1ccc(Cc2ccc(C)cc2)cc1. The second kappa shape index (κ2) is 11.1. The van der Waals surface area contributed by atoms with E-state index in [4.69, 9.17) is 4.74 Å². The molecule has 31 heavy (non-hydrogen) atoms. The highest BCUT2D eigenvalue weighted by Crippen LogP contribution is 2.23. The number of carbonyl (C=O) groups is 1. The van der Waals surface area contributed by atoms with E-state index in [0.717, 1.165) is 17.5 Å². The molecule has 0 saturated heterocycles. The number of ether oxygens (including phenoxy) is 1. The third-order valence-electron chi connectivity index (χ3n) is 5.07. The maximum Gasteiger partial charge on any atom is 0.307 e. The van der Waals surface area contributed by atoms with Gasteiger partial charge in [-0.3, -0.25) is 4.79 Å². The molecule has 0 aliphatic heterocycles. The van der Waals surface area contributed by atoms with Gasteiger partial charge in [0.05, 0.1) is 30.4 Å². The Morgan fingerprint density at radius 1 is 0.903 bits per heavy atom. The summed E-state index contributed by atoms with van der Waals surface area (Å²) >= 11 is -1.44. The number of nitrogens with one attached hydrogen (secondary N) is 1. The second-order valence-corrected chi connectivity index (χ2v) is 8.91. The van der Waals surface area contributed by atoms with Crippen molar-refractivity contribution in [3.8, 4) is 0 Å². The summed E-state index contributed by atoms with van der Waals surface area (Å²) in [5.41, 5.74) is 5.69. The first kappa shape index (κ1) is 23.1. The highest BCUT2D eigenvalue weighted by molar-refractivity contribution is 7.89. The quantitative estimate of drug-likeness (QED) is 0.371. The lowest BCUT2D eigenvalue weighted by molar-refractivity contribution is -0.143. The minimum absolute atomic E-state index is 0.114. The van der Waals surface area contributed by atoms with Crippen molar-refractivity contribution in [1.29, 1.82) is 0 Å². The number of esters is 1. The van der Waals surface area contributed by atoms with Crippen LogP contribution in [0.15, 0.2) is 77.7 Å². The Labute approximate surface area is 188 Å². The van der Waals surface area contributed by atoms with Gasteiger partial charge in [0, 0.05) is 0 Å². The smallest absolute Gasteiger partial charge is 0.307 e. The van der Waals surface area contributed by atoms with Crippen LogP contribution in [0, 0.1) is 13.8 Å². The summed E-state index contributed by atoms with van der Waals surface area (Å²) in [5, 5.41) is 0. The molecule has 1 N–H and O–H groups in total. The molecular formula is C26H29NO3S. The lowest BCUT2D eigenvalue weighted by Gasteiger charge is -2.20. The van der Waals surface area contributed by atoms with Crippen LogP contribution < -0.4 is 4.72 Å². The molecule has 0 aromatic heterocycles. The Morgan fingerprint density at radius 3 is 1.97 bits per heavy atom. The van der Waals surface area contributed by atoms with E-state index < -0.39 is 17.4 Å². The molecule has 4 nitrogen and oxygen atoms in total. The Morgan fingerprint density at radius 2 is 1.42 bits per heavy atom. The van der Waals surface area contributed by atoms with Crippen LogP contribution in [0.2, 0.25) is 0 Å². The largest absolute Gasteiger partial charge is 0.593 e. The normalized spacial score (nSPS) is 12.9. The molecule has 0 bridgehead atoms. The van der Waals surface area contributed by atoms with Crippen LogP contribution in [0.3, 0.4) is 0 Å². The highest BCUT2D eigenvalue weighted by atomic mass is 32.2. The van der Waals surface area contributed by atoms with E-state index in [2.05, 4.69) is 48.0 Å². The van der Waals surface area contributed by atoms with Crippen molar-refractivity contribution in [3.63, 3.8) is 0 Å². The van der Waals surface area contributed by atoms with Gasteiger partial charge in [-0.1, -0.05) is 71.8 Å². The van der Waals surface area contributed by atoms with Crippen LogP contribution in [0.5, 0.6) is 0 Å². The predicted octanol–water partition coefficient (Wildman–Crippen LogP) is 5.20. The van der Waals surface area contributed by atoms with Gasteiger partial charge in [0.1, 0.15) is 0 Å². The van der Waals surface area contributed by atoms with Gasteiger partial charge in [-0.05, 0) is 56.0 Å². The number of carbonyl (C=O) groups excluding carboxylic acids is 1. The number of hydrogen-bond donors (Lipinski definition) is 1. The first-order chi connectivity index (χ1) is 14.9. The van der Waals surface area contributed by atoms with Gasteiger partial charge in [-0.2, -0.15) is 0 Å². The van der Waals surface area contributed by atoms with Crippen molar-refractivity contribution in [2.24, 2.45) is 0 Å². The molecule has 3 aromatic carbocycles. The molecule has 0 heterocycles. The Hall–Kier alpha value is -2.60.